The van der Waals surface area contributed by atoms with Crippen LogP contribution in [0.2, 0.25) is 0 Å². The third-order valence-electron chi connectivity index (χ3n) is 1.34. The summed E-state index contributed by atoms with van der Waals surface area (Å²) in [4.78, 5) is 1.62. The van der Waals surface area contributed by atoms with Gasteiger partial charge in [0.25, 0.3) is 0 Å². The van der Waals surface area contributed by atoms with Crippen molar-refractivity contribution < 1.29 is 4.39 Å². The normalized spacial score (nSPS) is 25.1. The van der Waals surface area contributed by atoms with E-state index in [1.807, 2.05) is 13.0 Å². The number of rotatable bonds is 1. The van der Waals surface area contributed by atoms with E-state index in [0.717, 1.165) is 6.54 Å². The van der Waals surface area contributed by atoms with Crippen LogP contribution in [0.3, 0.4) is 0 Å². The summed E-state index contributed by atoms with van der Waals surface area (Å²) in [7, 11) is 0. The molecule has 0 aromatic rings. The molecule has 1 rings (SSSR count). The van der Waals surface area contributed by atoms with Gasteiger partial charge < -0.3 is 4.90 Å². The number of alkyl halides is 1. The maximum Gasteiger partial charge on any atom is 0.191 e. The predicted molar refractivity (Wildman–Crippen MR) is 35.6 cm³/mol. The molecule has 0 bridgehead atoms. The van der Waals surface area contributed by atoms with E-state index in [9.17, 15) is 4.39 Å². The number of likely N-dealkylation sites (N-methyl/N-ethyl adjacent to an activating group) is 1. The highest BCUT2D eigenvalue weighted by atomic mass is 19.1. The molecule has 1 aliphatic heterocycles. The zero-order valence-corrected chi connectivity index (χ0v) is 5.42. The van der Waals surface area contributed by atoms with Crippen molar-refractivity contribution in [1.29, 1.82) is 0 Å². The number of allylic oxidation sites excluding steroid dienone is 2. The second-order valence-corrected chi connectivity index (χ2v) is 1.93. The molecule has 0 fully saturated rings. The van der Waals surface area contributed by atoms with E-state index in [-0.39, 0.29) is 0 Å². The number of halogens is 1. The van der Waals surface area contributed by atoms with Gasteiger partial charge in [-0.15, -0.1) is 0 Å². The summed E-state index contributed by atoms with van der Waals surface area (Å²) in [5.41, 5.74) is 0. The fourth-order valence-electron chi connectivity index (χ4n) is 0.789. The van der Waals surface area contributed by atoms with Crippen LogP contribution in [-0.4, -0.2) is 17.7 Å². The highest BCUT2D eigenvalue weighted by Gasteiger charge is 2.08. The molecule has 0 saturated heterocycles. The van der Waals surface area contributed by atoms with E-state index in [1.54, 1.807) is 17.2 Å². The van der Waals surface area contributed by atoms with Crippen molar-refractivity contribution in [3.8, 4) is 0 Å². The van der Waals surface area contributed by atoms with Gasteiger partial charge in [0.05, 0.1) is 0 Å². The number of hydrogen-bond donors (Lipinski definition) is 0. The fourth-order valence-corrected chi connectivity index (χ4v) is 0.789. The molecular weight excluding hydrogens is 117 g/mol. The molecule has 0 aliphatic carbocycles. The van der Waals surface area contributed by atoms with Crippen molar-refractivity contribution in [1.82, 2.24) is 4.90 Å². The van der Waals surface area contributed by atoms with E-state index >= 15 is 0 Å². The van der Waals surface area contributed by atoms with Crippen molar-refractivity contribution in [3.05, 3.63) is 24.4 Å². The van der Waals surface area contributed by atoms with E-state index in [0.29, 0.717) is 0 Å². The van der Waals surface area contributed by atoms with Crippen molar-refractivity contribution in [3.63, 3.8) is 0 Å². The summed E-state index contributed by atoms with van der Waals surface area (Å²) in [6.45, 7) is 2.65. The molecule has 1 aliphatic rings. The highest BCUT2D eigenvalue weighted by Crippen LogP contribution is 2.07. The van der Waals surface area contributed by atoms with Crippen LogP contribution in [0, 0.1) is 0 Å². The molecule has 1 unspecified atom stereocenters. The van der Waals surface area contributed by atoms with Crippen molar-refractivity contribution >= 4 is 0 Å². The molecule has 0 aromatic carbocycles. The first-order valence-corrected chi connectivity index (χ1v) is 3.09. The molecule has 2 heteroatoms. The maximum absolute atomic E-state index is 12.6. The fraction of sp³-hybridized carbons (Fsp3) is 0.429. The SMILES string of the molecule is CCN1C=CC=CC1F. The lowest BCUT2D eigenvalue weighted by Gasteiger charge is -2.21. The highest BCUT2D eigenvalue weighted by molar-refractivity contribution is 5.10. The minimum absolute atomic E-state index is 0.724. The molecule has 1 atom stereocenters. The summed E-state index contributed by atoms with van der Waals surface area (Å²) in [6, 6.07) is 0. The van der Waals surface area contributed by atoms with Crippen LogP contribution in [-0.2, 0) is 0 Å². The predicted octanol–water partition coefficient (Wildman–Crippen LogP) is 1.69. The van der Waals surface area contributed by atoms with Crippen LogP contribution in [0.25, 0.3) is 0 Å². The Morgan fingerprint density at radius 3 is 2.78 bits per heavy atom. The molecule has 0 radical (unpaired) electrons. The van der Waals surface area contributed by atoms with Gasteiger partial charge in [-0.2, -0.15) is 0 Å². The minimum atomic E-state index is -0.917. The average molecular weight is 127 g/mol. The third kappa shape index (κ3) is 1.31. The minimum Gasteiger partial charge on any atom is -0.345 e. The van der Waals surface area contributed by atoms with Crippen LogP contribution in [0.4, 0.5) is 4.39 Å². The van der Waals surface area contributed by atoms with Crippen LogP contribution in [0.1, 0.15) is 6.92 Å². The Hall–Kier alpha value is -0.790. The lowest BCUT2D eigenvalue weighted by molar-refractivity contribution is 0.182. The smallest absolute Gasteiger partial charge is 0.191 e. The molecule has 0 spiro atoms. The second kappa shape index (κ2) is 2.67. The monoisotopic (exact) mass is 127 g/mol. The topological polar surface area (TPSA) is 3.24 Å². The van der Waals surface area contributed by atoms with E-state index in [1.165, 1.54) is 6.08 Å². The van der Waals surface area contributed by atoms with Gasteiger partial charge in [0.2, 0.25) is 0 Å². The lowest BCUT2D eigenvalue weighted by atomic mass is 10.3. The quantitative estimate of drug-likeness (QED) is 0.484. The number of nitrogens with zero attached hydrogens (tertiary/aromatic N) is 1. The summed E-state index contributed by atoms with van der Waals surface area (Å²) >= 11 is 0. The van der Waals surface area contributed by atoms with Gasteiger partial charge in [-0.25, -0.2) is 4.39 Å². The standard InChI is InChI=1S/C7H10FN/c1-2-9-6-4-3-5-7(9)8/h3-7H,2H2,1H3. The maximum atomic E-state index is 12.6. The summed E-state index contributed by atoms with van der Waals surface area (Å²) in [5.74, 6) is 0. The van der Waals surface area contributed by atoms with Crippen molar-refractivity contribution in [2.24, 2.45) is 0 Å². The Bertz CT molecular complexity index is 140. The molecule has 0 amide bonds. The van der Waals surface area contributed by atoms with Crippen LogP contribution >= 0.6 is 0 Å². The zero-order valence-electron chi connectivity index (χ0n) is 5.42. The Morgan fingerprint density at radius 1 is 1.56 bits per heavy atom. The second-order valence-electron chi connectivity index (χ2n) is 1.93. The molecule has 0 saturated carbocycles. The van der Waals surface area contributed by atoms with Crippen LogP contribution in [0.5, 0.6) is 0 Å². The Labute approximate surface area is 54.5 Å². The van der Waals surface area contributed by atoms with Crippen LogP contribution in [0.15, 0.2) is 24.4 Å². The van der Waals surface area contributed by atoms with Gasteiger partial charge in [0, 0.05) is 12.7 Å². The molecule has 50 valence electrons. The summed E-state index contributed by atoms with van der Waals surface area (Å²) in [5, 5.41) is 0. The van der Waals surface area contributed by atoms with E-state index < -0.39 is 6.30 Å². The van der Waals surface area contributed by atoms with E-state index in [4.69, 9.17) is 0 Å². The first-order chi connectivity index (χ1) is 4.34. The molecule has 0 N–H and O–H groups in total. The average Bonchev–Trinajstić information content (AvgIpc) is 1.89. The molecule has 9 heavy (non-hydrogen) atoms. The first-order valence-electron chi connectivity index (χ1n) is 3.09. The Morgan fingerprint density at radius 2 is 2.33 bits per heavy atom. The van der Waals surface area contributed by atoms with Gasteiger partial charge in [0.15, 0.2) is 6.30 Å². The summed E-state index contributed by atoms with van der Waals surface area (Å²) in [6.07, 6.45) is 5.92. The Kier molecular flexibility index (Phi) is 1.88. The van der Waals surface area contributed by atoms with Crippen LogP contribution < -0.4 is 0 Å². The molecule has 1 heterocycles. The lowest BCUT2D eigenvalue weighted by Crippen LogP contribution is -2.25. The van der Waals surface area contributed by atoms with Crippen molar-refractivity contribution in [2.45, 2.75) is 13.2 Å². The first kappa shape index (κ1) is 6.33. The van der Waals surface area contributed by atoms with Gasteiger partial charge >= 0.3 is 0 Å². The van der Waals surface area contributed by atoms with Gasteiger partial charge in [-0.3, -0.25) is 0 Å². The third-order valence-corrected chi connectivity index (χ3v) is 1.34. The number of hydrogen-bond acceptors (Lipinski definition) is 1. The summed E-state index contributed by atoms with van der Waals surface area (Å²) < 4.78 is 12.6. The largest absolute Gasteiger partial charge is 0.345 e. The molecule has 1 nitrogen and oxygen atoms in total. The van der Waals surface area contributed by atoms with Crippen molar-refractivity contribution in [2.75, 3.05) is 6.54 Å². The van der Waals surface area contributed by atoms with Gasteiger partial charge in [0.1, 0.15) is 0 Å². The van der Waals surface area contributed by atoms with Gasteiger partial charge in [-0.05, 0) is 19.1 Å². The Balaban J connectivity index is 2.55. The zero-order chi connectivity index (χ0) is 6.69. The molecular formula is C7H10FN. The van der Waals surface area contributed by atoms with E-state index in [2.05, 4.69) is 0 Å². The van der Waals surface area contributed by atoms with Gasteiger partial charge in [-0.1, -0.05) is 6.08 Å². The molecule has 0 aromatic heterocycles.